The summed E-state index contributed by atoms with van der Waals surface area (Å²) >= 11 is 0. The van der Waals surface area contributed by atoms with Crippen LogP contribution in [0.4, 0.5) is 0 Å². The molecule has 1 aromatic carbocycles. The molecule has 0 aliphatic heterocycles. The van der Waals surface area contributed by atoms with Crippen LogP contribution in [0.1, 0.15) is 42.9 Å². The van der Waals surface area contributed by atoms with Gasteiger partial charge in [-0.3, -0.25) is 0 Å². The molecule has 1 saturated carbocycles. The fraction of sp³-hybridized carbons (Fsp3) is 0.421. The van der Waals surface area contributed by atoms with Gasteiger partial charge in [-0.05, 0) is 31.4 Å². The second-order valence-corrected chi connectivity index (χ2v) is 6.30. The largest absolute Gasteiger partial charge is 0.500 e. The van der Waals surface area contributed by atoms with Crippen LogP contribution in [0.25, 0.3) is 5.69 Å². The van der Waals surface area contributed by atoms with Crippen LogP contribution in [0, 0.1) is 6.92 Å². The number of hydrogen-bond donors (Lipinski definition) is 0. The van der Waals surface area contributed by atoms with Gasteiger partial charge in [0.15, 0.2) is 0 Å². The SMILES string of the molecule is CO/C=C(\Oc1cc(-n2ncc(C3CCCC3)n2)ccc1C)C(=O)OC. The van der Waals surface area contributed by atoms with E-state index in [-0.39, 0.29) is 5.76 Å². The van der Waals surface area contributed by atoms with Crippen LogP contribution in [-0.2, 0) is 14.3 Å². The minimum Gasteiger partial charge on any atom is -0.500 e. The van der Waals surface area contributed by atoms with E-state index >= 15 is 0 Å². The van der Waals surface area contributed by atoms with Crippen molar-refractivity contribution in [2.45, 2.75) is 38.5 Å². The van der Waals surface area contributed by atoms with Crippen molar-refractivity contribution < 1.29 is 19.0 Å². The first-order chi connectivity index (χ1) is 12.6. The lowest BCUT2D eigenvalue weighted by molar-refractivity contribution is -0.138. The zero-order valence-corrected chi connectivity index (χ0v) is 15.3. The Kier molecular flexibility index (Phi) is 5.55. The first-order valence-corrected chi connectivity index (χ1v) is 8.64. The first kappa shape index (κ1) is 18.0. The highest BCUT2D eigenvalue weighted by Gasteiger charge is 2.20. The summed E-state index contributed by atoms with van der Waals surface area (Å²) in [6.07, 6.45) is 7.89. The third kappa shape index (κ3) is 3.87. The number of hydrogen-bond acceptors (Lipinski definition) is 6. The molecular weight excluding hydrogens is 334 g/mol. The average molecular weight is 357 g/mol. The number of methoxy groups -OCH3 is 2. The maximum Gasteiger partial charge on any atom is 0.377 e. The summed E-state index contributed by atoms with van der Waals surface area (Å²) in [5.74, 6) is 0.365. The van der Waals surface area contributed by atoms with Crippen molar-refractivity contribution in [3.05, 3.63) is 47.7 Å². The molecule has 0 amide bonds. The molecule has 1 aliphatic carbocycles. The number of aromatic nitrogens is 3. The maximum atomic E-state index is 11.8. The van der Waals surface area contributed by atoms with Gasteiger partial charge >= 0.3 is 5.97 Å². The van der Waals surface area contributed by atoms with Crippen LogP contribution in [0.15, 0.2) is 36.4 Å². The average Bonchev–Trinajstić information content (AvgIpc) is 3.33. The molecule has 1 fully saturated rings. The molecule has 0 unspecified atom stereocenters. The number of nitrogens with zero attached hydrogens (tertiary/aromatic N) is 3. The van der Waals surface area contributed by atoms with Crippen molar-refractivity contribution in [2.75, 3.05) is 14.2 Å². The Bertz CT molecular complexity index is 807. The summed E-state index contributed by atoms with van der Waals surface area (Å²) in [5, 5.41) is 9.01. The number of carbonyl (C=O) groups is 1. The van der Waals surface area contributed by atoms with E-state index in [1.807, 2.05) is 25.3 Å². The lowest BCUT2D eigenvalue weighted by atomic mass is 10.1. The Labute approximate surface area is 152 Å². The van der Waals surface area contributed by atoms with Gasteiger partial charge in [-0.2, -0.15) is 15.0 Å². The predicted octanol–water partition coefficient (Wildman–Crippen LogP) is 3.27. The minimum absolute atomic E-state index is 0.0321. The van der Waals surface area contributed by atoms with Crippen LogP contribution in [0.5, 0.6) is 5.75 Å². The van der Waals surface area contributed by atoms with E-state index in [9.17, 15) is 4.79 Å². The summed E-state index contributed by atoms with van der Waals surface area (Å²) in [6, 6.07) is 5.60. The molecule has 138 valence electrons. The molecule has 0 saturated heterocycles. The van der Waals surface area contributed by atoms with E-state index in [1.54, 1.807) is 10.9 Å². The van der Waals surface area contributed by atoms with Gasteiger partial charge in [0.05, 0.1) is 31.8 Å². The smallest absolute Gasteiger partial charge is 0.377 e. The predicted molar refractivity (Wildman–Crippen MR) is 95.0 cm³/mol. The van der Waals surface area contributed by atoms with Crippen molar-refractivity contribution in [3.8, 4) is 11.4 Å². The molecule has 1 heterocycles. The number of carbonyl (C=O) groups excluding carboxylic acids is 1. The monoisotopic (exact) mass is 357 g/mol. The third-order valence-corrected chi connectivity index (χ3v) is 4.52. The van der Waals surface area contributed by atoms with Crippen LogP contribution < -0.4 is 4.74 Å². The molecule has 3 rings (SSSR count). The van der Waals surface area contributed by atoms with Gasteiger partial charge in [0, 0.05) is 12.0 Å². The number of rotatable bonds is 6. The van der Waals surface area contributed by atoms with Crippen molar-refractivity contribution in [1.29, 1.82) is 0 Å². The molecule has 0 bridgehead atoms. The lowest BCUT2D eigenvalue weighted by Crippen LogP contribution is -2.12. The molecule has 0 radical (unpaired) electrons. The van der Waals surface area contributed by atoms with Gasteiger partial charge in [0.2, 0.25) is 5.76 Å². The zero-order chi connectivity index (χ0) is 18.5. The van der Waals surface area contributed by atoms with Crippen LogP contribution >= 0.6 is 0 Å². The van der Waals surface area contributed by atoms with E-state index in [4.69, 9.17) is 14.2 Å². The van der Waals surface area contributed by atoms with Crippen molar-refractivity contribution in [3.63, 3.8) is 0 Å². The van der Waals surface area contributed by atoms with E-state index in [0.717, 1.165) is 16.9 Å². The second-order valence-electron chi connectivity index (χ2n) is 6.30. The Morgan fingerprint density at radius 1 is 1.27 bits per heavy atom. The number of esters is 1. The quantitative estimate of drug-likeness (QED) is 0.449. The maximum absolute atomic E-state index is 11.8. The molecule has 0 atom stereocenters. The highest BCUT2D eigenvalue weighted by molar-refractivity contribution is 5.86. The molecule has 0 spiro atoms. The molecule has 26 heavy (non-hydrogen) atoms. The van der Waals surface area contributed by atoms with Crippen LogP contribution in [-0.4, -0.2) is 35.2 Å². The molecule has 2 aromatic rings. The highest BCUT2D eigenvalue weighted by atomic mass is 16.6. The molecule has 1 aliphatic rings. The molecular formula is C19H23N3O4. The molecule has 7 heteroatoms. The van der Waals surface area contributed by atoms with E-state index in [2.05, 4.69) is 10.2 Å². The Morgan fingerprint density at radius 2 is 2.04 bits per heavy atom. The minimum atomic E-state index is -0.614. The summed E-state index contributed by atoms with van der Waals surface area (Å²) in [7, 11) is 2.73. The third-order valence-electron chi connectivity index (χ3n) is 4.52. The van der Waals surface area contributed by atoms with Gasteiger partial charge in [0.25, 0.3) is 0 Å². The number of ether oxygens (including phenoxy) is 3. The van der Waals surface area contributed by atoms with Crippen LogP contribution in [0.2, 0.25) is 0 Å². The summed E-state index contributed by atoms with van der Waals surface area (Å²) in [4.78, 5) is 13.4. The molecule has 1 aromatic heterocycles. The molecule has 7 nitrogen and oxygen atoms in total. The fourth-order valence-corrected chi connectivity index (χ4v) is 3.07. The fourth-order valence-electron chi connectivity index (χ4n) is 3.07. The van der Waals surface area contributed by atoms with Gasteiger partial charge in [-0.25, -0.2) is 4.79 Å². The Morgan fingerprint density at radius 3 is 2.73 bits per heavy atom. The Balaban J connectivity index is 1.85. The summed E-state index contributed by atoms with van der Waals surface area (Å²) in [6.45, 7) is 1.89. The molecule has 0 N–H and O–H groups in total. The number of aryl methyl sites for hydroxylation is 1. The zero-order valence-electron chi connectivity index (χ0n) is 15.3. The van der Waals surface area contributed by atoms with E-state index < -0.39 is 5.97 Å². The summed E-state index contributed by atoms with van der Waals surface area (Å²) < 4.78 is 15.3. The normalized spacial score (nSPS) is 15.1. The summed E-state index contributed by atoms with van der Waals surface area (Å²) in [5.41, 5.74) is 2.65. The van der Waals surface area contributed by atoms with Gasteiger partial charge in [-0.15, -0.1) is 0 Å². The topological polar surface area (TPSA) is 75.5 Å². The lowest BCUT2D eigenvalue weighted by Gasteiger charge is -2.11. The van der Waals surface area contributed by atoms with Crippen molar-refractivity contribution in [1.82, 2.24) is 15.0 Å². The highest BCUT2D eigenvalue weighted by Crippen LogP contribution is 2.33. The van der Waals surface area contributed by atoms with Crippen molar-refractivity contribution >= 4 is 5.97 Å². The number of benzene rings is 1. The van der Waals surface area contributed by atoms with Gasteiger partial charge in [-0.1, -0.05) is 18.9 Å². The van der Waals surface area contributed by atoms with E-state index in [0.29, 0.717) is 11.7 Å². The van der Waals surface area contributed by atoms with Gasteiger partial charge < -0.3 is 14.2 Å². The first-order valence-electron chi connectivity index (χ1n) is 8.64. The van der Waals surface area contributed by atoms with E-state index in [1.165, 1.54) is 46.2 Å². The standard InChI is InChI=1S/C19H23N3O4/c1-13-8-9-15(10-17(13)26-18(12-24-2)19(23)25-3)22-20-11-16(21-22)14-6-4-5-7-14/h8-12,14H,4-7H2,1-3H3/b18-12-. The van der Waals surface area contributed by atoms with Crippen molar-refractivity contribution in [2.24, 2.45) is 0 Å². The second kappa shape index (κ2) is 8.03. The Hall–Kier alpha value is -2.83. The van der Waals surface area contributed by atoms with Crippen LogP contribution in [0.3, 0.4) is 0 Å². The van der Waals surface area contributed by atoms with Gasteiger partial charge in [0.1, 0.15) is 12.0 Å².